The zero-order chi connectivity index (χ0) is 24.8. The van der Waals surface area contributed by atoms with Gasteiger partial charge in [0.2, 0.25) is 10.0 Å². The molecule has 0 aromatic heterocycles. The summed E-state index contributed by atoms with van der Waals surface area (Å²) in [5.41, 5.74) is 1.93. The fourth-order valence-corrected chi connectivity index (χ4v) is 5.47. The highest BCUT2D eigenvalue weighted by molar-refractivity contribution is 7.89. The van der Waals surface area contributed by atoms with E-state index in [1.165, 1.54) is 36.2 Å². The van der Waals surface area contributed by atoms with Gasteiger partial charge in [-0.05, 0) is 23.8 Å². The number of anilines is 1. The van der Waals surface area contributed by atoms with Crippen molar-refractivity contribution in [3.8, 4) is 11.5 Å². The Labute approximate surface area is 206 Å². The molecule has 0 atom stereocenters. The van der Waals surface area contributed by atoms with Gasteiger partial charge in [-0.2, -0.15) is 4.31 Å². The molecule has 4 rings (SSSR count). The normalized spacial score (nSPS) is 14.9. The van der Waals surface area contributed by atoms with Crippen LogP contribution in [0.3, 0.4) is 0 Å². The smallest absolute Gasteiger partial charge is 0.255 e. The van der Waals surface area contributed by atoms with Crippen molar-refractivity contribution in [2.75, 3.05) is 45.7 Å². The molecule has 3 aromatic carbocycles. The lowest BCUT2D eigenvalue weighted by molar-refractivity contribution is 0.102. The Morgan fingerprint density at radius 2 is 1.51 bits per heavy atom. The Bertz CT molecular complexity index is 1250. The summed E-state index contributed by atoms with van der Waals surface area (Å²) in [6.45, 7) is 2.88. The maximum atomic E-state index is 13.3. The number of sulfonamides is 1. The van der Waals surface area contributed by atoms with Crippen molar-refractivity contribution < 1.29 is 22.7 Å². The number of carbonyl (C=O) groups is 1. The fraction of sp³-hybridized carbons (Fsp3) is 0.269. The van der Waals surface area contributed by atoms with Gasteiger partial charge in [0.1, 0.15) is 11.5 Å². The molecule has 1 aliphatic rings. The monoisotopic (exact) mass is 495 g/mol. The van der Waals surface area contributed by atoms with E-state index in [4.69, 9.17) is 9.47 Å². The number of ether oxygens (including phenoxy) is 2. The molecule has 0 spiro atoms. The lowest BCUT2D eigenvalue weighted by Crippen LogP contribution is -2.48. The standard InChI is InChI=1S/C26H29N3O5S/c1-33-23-16-22(17-24(18-23)34-2)27-26(30)21-9-6-10-25(15-21)35(31,32)29-13-11-28(12-14-29)19-20-7-4-3-5-8-20/h3-10,15-18H,11-14,19H2,1-2H3,(H,27,30). The predicted octanol–water partition coefficient (Wildman–Crippen LogP) is 3.46. The number of hydrogen-bond donors (Lipinski definition) is 1. The minimum absolute atomic E-state index is 0.102. The Morgan fingerprint density at radius 1 is 0.857 bits per heavy atom. The van der Waals surface area contributed by atoms with Crippen molar-refractivity contribution in [3.05, 3.63) is 83.9 Å². The number of hydrogen-bond acceptors (Lipinski definition) is 6. The first kappa shape index (κ1) is 24.7. The summed E-state index contributed by atoms with van der Waals surface area (Å²) in [4.78, 5) is 15.2. The second kappa shape index (κ2) is 10.9. The highest BCUT2D eigenvalue weighted by atomic mass is 32.2. The maximum absolute atomic E-state index is 13.3. The van der Waals surface area contributed by atoms with Gasteiger partial charge in [-0.1, -0.05) is 36.4 Å². The van der Waals surface area contributed by atoms with Gasteiger partial charge in [0.05, 0.1) is 19.1 Å². The van der Waals surface area contributed by atoms with Gasteiger partial charge in [-0.25, -0.2) is 8.42 Å². The van der Waals surface area contributed by atoms with Gasteiger partial charge in [-0.15, -0.1) is 0 Å². The third-order valence-electron chi connectivity index (χ3n) is 5.92. The van der Waals surface area contributed by atoms with Crippen molar-refractivity contribution in [1.29, 1.82) is 0 Å². The van der Waals surface area contributed by atoms with Gasteiger partial charge in [0.25, 0.3) is 5.91 Å². The highest BCUT2D eigenvalue weighted by Crippen LogP contribution is 2.26. The molecule has 0 radical (unpaired) electrons. The highest BCUT2D eigenvalue weighted by Gasteiger charge is 2.29. The van der Waals surface area contributed by atoms with Crippen LogP contribution in [0, 0.1) is 0 Å². The molecule has 1 amide bonds. The minimum Gasteiger partial charge on any atom is -0.497 e. The van der Waals surface area contributed by atoms with E-state index in [1.807, 2.05) is 18.2 Å². The van der Waals surface area contributed by atoms with Crippen molar-refractivity contribution in [1.82, 2.24) is 9.21 Å². The predicted molar refractivity (Wildman–Crippen MR) is 134 cm³/mol. The van der Waals surface area contributed by atoms with Gasteiger partial charge in [0, 0.05) is 62.2 Å². The van der Waals surface area contributed by atoms with Crippen LogP contribution < -0.4 is 14.8 Å². The van der Waals surface area contributed by atoms with Gasteiger partial charge in [-0.3, -0.25) is 9.69 Å². The Hall–Kier alpha value is -3.40. The first-order valence-corrected chi connectivity index (χ1v) is 12.7. The van der Waals surface area contributed by atoms with Gasteiger partial charge >= 0.3 is 0 Å². The second-order valence-corrected chi connectivity index (χ2v) is 10.2. The number of benzene rings is 3. The third-order valence-corrected chi connectivity index (χ3v) is 7.82. The zero-order valence-electron chi connectivity index (χ0n) is 19.8. The van der Waals surface area contributed by atoms with Crippen LogP contribution >= 0.6 is 0 Å². The van der Waals surface area contributed by atoms with Crippen LogP contribution in [-0.2, 0) is 16.6 Å². The lowest BCUT2D eigenvalue weighted by Gasteiger charge is -2.34. The molecule has 184 valence electrons. The number of piperazine rings is 1. The van der Waals surface area contributed by atoms with E-state index in [0.29, 0.717) is 43.4 Å². The number of carbonyl (C=O) groups excluding carboxylic acids is 1. The molecular weight excluding hydrogens is 466 g/mol. The quantitative estimate of drug-likeness (QED) is 0.515. The van der Waals surface area contributed by atoms with Crippen molar-refractivity contribution in [3.63, 3.8) is 0 Å². The van der Waals surface area contributed by atoms with E-state index >= 15 is 0 Å². The number of amides is 1. The number of nitrogens with zero attached hydrogens (tertiary/aromatic N) is 2. The molecule has 1 heterocycles. The van der Waals surface area contributed by atoms with Crippen LogP contribution in [0.1, 0.15) is 15.9 Å². The molecule has 0 saturated carbocycles. The molecule has 9 heteroatoms. The summed E-state index contributed by atoms with van der Waals surface area (Å²) in [5.74, 6) is 0.634. The van der Waals surface area contributed by atoms with Crippen molar-refractivity contribution in [2.24, 2.45) is 0 Å². The molecule has 1 fully saturated rings. The van der Waals surface area contributed by atoms with Crippen LogP contribution in [0.2, 0.25) is 0 Å². The SMILES string of the molecule is COc1cc(NC(=O)c2cccc(S(=O)(=O)N3CCN(Cc4ccccc4)CC3)c2)cc(OC)c1. The minimum atomic E-state index is -3.72. The summed E-state index contributed by atoms with van der Waals surface area (Å²) in [6, 6.07) is 21.3. The average Bonchev–Trinajstić information content (AvgIpc) is 2.89. The number of nitrogens with one attached hydrogen (secondary N) is 1. The van der Waals surface area contributed by atoms with Crippen LogP contribution in [0.4, 0.5) is 5.69 Å². The van der Waals surface area contributed by atoms with Crippen LogP contribution in [-0.4, -0.2) is 63.9 Å². The molecule has 1 aliphatic heterocycles. The Morgan fingerprint density at radius 3 is 2.14 bits per heavy atom. The summed E-state index contributed by atoms with van der Waals surface area (Å²) >= 11 is 0. The van der Waals surface area contributed by atoms with E-state index in [-0.39, 0.29) is 10.5 Å². The topological polar surface area (TPSA) is 88.2 Å². The van der Waals surface area contributed by atoms with Crippen LogP contribution in [0.5, 0.6) is 11.5 Å². The Balaban J connectivity index is 1.44. The first-order chi connectivity index (χ1) is 16.9. The van der Waals surface area contributed by atoms with Crippen LogP contribution in [0.25, 0.3) is 0 Å². The zero-order valence-corrected chi connectivity index (χ0v) is 20.6. The molecular formula is C26H29N3O5S. The maximum Gasteiger partial charge on any atom is 0.255 e. The Kier molecular flexibility index (Phi) is 7.70. The molecule has 1 saturated heterocycles. The van der Waals surface area contributed by atoms with Crippen molar-refractivity contribution in [2.45, 2.75) is 11.4 Å². The number of methoxy groups -OCH3 is 2. The first-order valence-electron chi connectivity index (χ1n) is 11.3. The molecule has 35 heavy (non-hydrogen) atoms. The molecule has 1 N–H and O–H groups in total. The molecule has 0 unspecified atom stereocenters. The van der Waals surface area contributed by atoms with Crippen LogP contribution in [0.15, 0.2) is 77.7 Å². The molecule has 0 bridgehead atoms. The van der Waals surface area contributed by atoms with E-state index in [1.54, 1.807) is 30.3 Å². The average molecular weight is 496 g/mol. The molecule has 8 nitrogen and oxygen atoms in total. The van der Waals surface area contributed by atoms with E-state index in [2.05, 4.69) is 22.3 Å². The summed E-state index contributed by atoms with van der Waals surface area (Å²) in [5, 5.41) is 2.78. The summed E-state index contributed by atoms with van der Waals surface area (Å²) in [7, 11) is -0.674. The third kappa shape index (κ3) is 6.00. The van der Waals surface area contributed by atoms with E-state index in [0.717, 1.165) is 6.54 Å². The van der Waals surface area contributed by atoms with Gasteiger partial charge < -0.3 is 14.8 Å². The van der Waals surface area contributed by atoms with E-state index in [9.17, 15) is 13.2 Å². The second-order valence-electron chi connectivity index (χ2n) is 8.25. The molecule has 0 aliphatic carbocycles. The largest absolute Gasteiger partial charge is 0.497 e. The summed E-state index contributed by atoms with van der Waals surface area (Å²) < 4.78 is 38.5. The fourth-order valence-electron chi connectivity index (χ4n) is 4.00. The van der Waals surface area contributed by atoms with Gasteiger partial charge in [0.15, 0.2) is 0 Å². The summed E-state index contributed by atoms with van der Waals surface area (Å²) in [6.07, 6.45) is 0. The van der Waals surface area contributed by atoms with Crippen molar-refractivity contribution >= 4 is 21.6 Å². The molecule has 3 aromatic rings. The lowest BCUT2D eigenvalue weighted by atomic mass is 10.2. The number of rotatable bonds is 8. The van der Waals surface area contributed by atoms with E-state index < -0.39 is 15.9 Å².